The molecule has 0 saturated carbocycles. The molecule has 0 spiro atoms. The minimum Gasteiger partial charge on any atom is -0.477 e. The molecule has 114 valence electrons. The zero-order valence-corrected chi connectivity index (χ0v) is 12.6. The predicted molar refractivity (Wildman–Crippen MR) is 82.6 cm³/mol. The Balaban J connectivity index is 1.59. The Bertz CT molecular complexity index is 520. The molecule has 0 bridgehead atoms. The van der Waals surface area contributed by atoms with Gasteiger partial charge in [0.15, 0.2) is 6.10 Å². The standard InChI is InChI=1S/C16H23N3O2/c1-11-10-19(2)8-7-12(11)18-16(20)15-9-17-13-5-3-4-6-14(13)21-15/h3-6,11-12,15,17H,7-10H2,1-2H3,(H,18,20). The first-order valence-corrected chi connectivity index (χ1v) is 7.62. The van der Waals surface area contributed by atoms with Gasteiger partial charge in [-0.25, -0.2) is 0 Å². The van der Waals surface area contributed by atoms with Gasteiger partial charge in [-0.05, 0) is 38.1 Å². The van der Waals surface area contributed by atoms with Crippen molar-refractivity contribution in [2.75, 3.05) is 32.0 Å². The van der Waals surface area contributed by atoms with Gasteiger partial charge >= 0.3 is 0 Å². The van der Waals surface area contributed by atoms with Crippen molar-refractivity contribution >= 4 is 11.6 Å². The maximum absolute atomic E-state index is 12.4. The second kappa shape index (κ2) is 5.93. The Morgan fingerprint density at radius 1 is 1.43 bits per heavy atom. The molecule has 2 N–H and O–H groups in total. The Hall–Kier alpha value is -1.75. The maximum Gasteiger partial charge on any atom is 0.263 e. The zero-order valence-electron chi connectivity index (χ0n) is 12.6. The van der Waals surface area contributed by atoms with Crippen molar-refractivity contribution < 1.29 is 9.53 Å². The topological polar surface area (TPSA) is 53.6 Å². The number of amides is 1. The van der Waals surface area contributed by atoms with E-state index in [1.54, 1.807) is 0 Å². The lowest BCUT2D eigenvalue weighted by Crippen LogP contribution is -2.53. The molecule has 0 aliphatic carbocycles. The number of carbonyl (C=O) groups excluding carboxylic acids is 1. The van der Waals surface area contributed by atoms with E-state index in [2.05, 4.69) is 29.5 Å². The molecular weight excluding hydrogens is 266 g/mol. The number of hydrogen-bond donors (Lipinski definition) is 2. The van der Waals surface area contributed by atoms with Crippen LogP contribution in [-0.2, 0) is 4.79 Å². The number of hydrogen-bond acceptors (Lipinski definition) is 4. The summed E-state index contributed by atoms with van der Waals surface area (Å²) in [6.45, 7) is 4.76. The lowest BCUT2D eigenvalue weighted by atomic mass is 9.94. The largest absolute Gasteiger partial charge is 0.477 e. The monoisotopic (exact) mass is 289 g/mol. The average molecular weight is 289 g/mol. The fourth-order valence-electron chi connectivity index (χ4n) is 3.10. The van der Waals surface area contributed by atoms with E-state index in [0.29, 0.717) is 12.5 Å². The predicted octanol–water partition coefficient (Wildman–Crippen LogP) is 1.32. The van der Waals surface area contributed by atoms with E-state index in [0.717, 1.165) is 30.9 Å². The van der Waals surface area contributed by atoms with Gasteiger partial charge in [0.05, 0.1) is 12.2 Å². The van der Waals surface area contributed by atoms with Crippen LogP contribution in [0.25, 0.3) is 0 Å². The molecule has 3 rings (SSSR count). The Labute approximate surface area is 125 Å². The Kier molecular flexibility index (Phi) is 4.01. The lowest BCUT2D eigenvalue weighted by molar-refractivity contribution is -0.129. The quantitative estimate of drug-likeness (QED) is 0.862. The zero-order chi connectivity index (χ0) is 14.8. The number of nitrogens with zero attached hydrogens (tertiary/aromatic N) is 1. The van der Waals surface area contributed by atoms with E-state index in [1.807, 2.05) is 24.3 Å². The van der Waals surface area contributed by atoms with Gasteiger partial charge in [0, 0.05) is 12.6 Å². The van der Waals surface area contributed by atoms with Gasteiger partial charge in [-0.2, -0.15) is 0 Å². The van der Waals surface area contributed by atoms with Gasteiger partial charge in [-0.1, -0.05) is 19.1 Å². The van der Waals surface area contributed by atoms with E-state index in [-0.39, 0.29) is 11.9 Å². The summed E-state index contributed by atoms with van der Waals surface area (Å²) in [6.07, 6.45) is 0.548. The summed E-state index contributed by atoms with van der Waals surface area (Å²) in [5, 5.41) is 6.41. The van der Waals surface area contributed by atoms with Crippen molar-refractivity contribution in [2.24, 2.45) is 5.92 Å². The number of anilines is 1. The summed E-state index contributed by atoms with van der Waals surface area (Å²) in [4.78, 5) is 14.7. The summed E-state index contributed by atoms with van der Waals surface area (Å²) >= 11 is 0. The number of rotatable bonds is 2. The minimum atomic E-state index is -0.452. The fraction of sp³-hybridized carbons (Fsp3) is 0.562. The van der Waals surface area contributed by atoms with Crippen molar-refractivity contribution in [2.45, 2.75) is 25.5 Å². The molecule has 2 heterocycles. The molecule has 3 atom stereocenters. The van der Waals surface area contributed by atoms with Gasteiger partial charge in [0.25, 0.3) is 5.91 Å². The molecule has 21 heavy (non-hydrogen) atoms. The van der Waals surface area contributed by atoms with Gasteiger partial charge in [0.1, 0.15) is 5.75 Å². The number of carbonyl (C=O) groups is 1. The van der Waals surface area contributed by atoms with Crippen LogP contribution in [0, 0.1) is 5.92 Å². The van der Waals surface area contributed by atoms with Crippen LogP contribution in [0.1, 0.15) is 13.3 Å². The van der Waals surface area contributed by atoms with Crippen LogP contribution in [0.4, 0.5) is 5.69 Å². The summed E-state index contributed by atoms with van der Waals surface area (Å²) in [5.41, 5.74) is 0.953. The van der Waals surface area contributed by atoms with E-state index < -0.39 is 6.10 Å². The molecule has 1 saturated heterocycles. The summed E-state index contributed by atoms with van der Waals surface area (Å²) in [5.74, 6) is 1.20. The van der Waals surface area contributed by atoms with Crippen LogP contribution in [-0.4, -0.2) is 49.6 Å². The Morgan fingerprint density at radius 3 is 3.05 bits per heavy atom. The van der Waals surface area contributed by atoms with Crippen LogP contribution in [0.2, 0.25) is 0 Å². The number of fused-ring (bicyclic) bond motifs is 1. The fourth-order valence-corrected chi connectivity index (χ4v) is 3.10. The van der Waals surface area contributed by atoms with Crippen molar-refractivity contribution in [1.29, 1.82) is 0 Å². The number of ether oxygens (including phenoxy) is 1. The Morgan fingerprint density at radius 2 is 2.24 bits per heavy atom. The molecule has 2 aliphatic rings. The molecule has 5 nitrogen and oxygen atoms in total. The van der Waals surface area contributed by atoms with Crippen LogP contribution in [0.3, 0.4) is 0 Å². The van der Waals surface area contributed by atoms with Gasteiger partial charge < -0.3 is 20.3 Å². The van der Waals surface area contributed by atoms with Crippen LogP contribution >= 0.6 is 0 Å². The van der Waals surface area contributed by atoms with Crippen molar-refractivity contribution in [3.63, 3.8) is 0 Å². The second-order valence-corrected chi connectivity index (χ2v) is 6.13. The molecule has 5 heteroatoms. The summed E-state index contributed by atoms with van der Waals surface area (Å²) in [7, 11) is 2.12. The van der Waals surface area contributed by atoms with E-state index in [1.165, 1.54) is 0 Å². The molecule has 1 aromatic carbocycles. The van der Waals surface area contributed by atoms with Crippen molar-refractivity contribution in [3.05, 3.63) is 24.3 Å². The summed E-state index contributed by atoms with van der Waals surface area (Å²) in [6, 6.07) is 7.97. The number of para-hydroxylation sites is 2. The summed E-state index contributed by atoms with van der Waals surface area (Å²) < 4.78 is 5.81. The molecule has 3 unspecified atom stereocenters. The number of benzene rings is 1. The smallest absolute Gasteiger partial charge is 0.263 e. The lowest BCUT2D eigenvalue weighted by Gasteiger charge is -2.36. The second-order valence-electron chi connectivity index (χ2n) is 6.13. The first kappa shape index (κ1) is 14.2. The van der Waals surface area contributed by atoms with Gasteiger partial charge in [-0.15, -0.1) is 0 Å². The van der Waals surface area contributed by atoms with Crippen LogP contribution in [0.15, 0.2) is 24.3 Å². The molecule has 1 amide bonds. The van der Waals surface area contributed by atoms with E-state index in [9.17, 15) is 4.79 Å². The normalized spacial score (nSPS) is 29.0. The maximum atomic E-state index is 12.4. The van der Waals surface area contributed by atoms with Crippen molar-refractivity contribution in [1.82, 2.24) is 10.2 Å². The molecule has 1 aromatic rings. The van der Waals surface area contributed by atoms with Gasteiger partial charge in [-0.3, -0.25) is 4.79 Å². The third-order valence-electron chi connectivity index (χ3n) is 4.36. The molecular formula is C16H23N3O2. The van der Waals surface area contributed by atoms with Crippen LogP contribution < -0.4 is 15.4 Å². The molecule has 1 fully saturated rings. The van der Waals surface area contributed by atoms with E-state index >= 15 is 0 Å². The third-order valence-corrected chi connectivity index (χ3v) is 4.36. The number of nitrogens with one attached hydrogen (secondary N) is 2. The first-order chi connectivity index (χ1) is 10.1. The molecule has 0 radical (unpaired) electrons. The average Bonchev–Trinajstić information content (AvgIpc) is 2.49. The SMILES string of the molecule is CC1CN(C)CCC1NC(=O)C1CNc2ccccc2O1. The van der Waals surface area contributed by atoms with E-state index in [4.69, 9.17) is 4.74 Å². The highest BCUT2D eigenvalue weighted by Gasteiger charge is 2.30. The minimum absolute atomic E-state index is 0.0154. The third kappa shape index (κ3) is 3.13. The highest BCUT2D eigenvalue weighted by Crippen LogP contribution is 2.28. The number of likely N-dealkylation sites (tertiary alicyclic amines) is 1. The highest BCUT2D eigenvalue weighted by atomic mass is 16.5. The molecule has 2 aliphatic heterocycles. The highest BCUT2D eigenvalue weighted by molar-refractivity contribution is 5.83. The first-order valence-electron chi connectivity index (χ1n) is 7.62. The molecule has 0 aromatic heterocycles. The van der Waals surface area contributed by atoms with Gasteiger partial charge in [0.2, 0.25) is 0 Å². The van der Waals surface area contributed by atoms with Crippen molar-refractivity contribution in [3.8, 4) is 5.75 Å². The van der Waals surface area contributed by atoms with Crippen LogP contribution in [0.5, 0.6) is 5.75 Å². The number of piperidine rings is 1.